The van der Waals surface area contributed by atoms with Crippen molar-refractivity contribution in [3.05, 3.63) is 69.2 Å². The number of nitrogens with one attached hydrogen (secondary N) is 1. The fourth-order valence-electron chi connectivity index (χ4n) is 2.39. The second kappa shape index (κ2) is 8.63. The van der Waals surface area contributed by atoms with Crippen LogP contribution in [0.15, 0.2) is 36.4 Å². The van der Waals surface area contributed by atoms with E-state index < -0.39 is 11.9 Å². The predicted octanol–water partition coefficient (Wildman–Crippen LogP) is 3.42. The van der Waals surface area contributed by atoms with Crippen molar-refractivity contribution in [3.8, 4) is 0 Å². The Labute approximate surface area is 157 Å². The number of benzene rings is 2. The number of hydrogen-bond donors (Lipinski definition) is 1. The third-order valence-electron chi connectivity index (χ3n) is 4.01. The molecule has 0 spiro atoms. The van der Waals surface area contributed by atoms with E-state index >= 15 is 0 Å². The maximum absolute atomic E-state index is 12.2. The van der Waals surface area contributed by atoms with Crippen LogP contribution in [-0.2, 0) is 9.53 Å². The van der Waals surface area contributed by atoms with Crippen molar-refractivity contribution in [2.24, 2.45) is 0 Å². The molecule has 2 aromatic rings. The molecular formula is C20H20ClNO4. The molecule has 6 heteroatoms. The lowest BCUT2D eigenvalue weighted by molar-refractivity contribution is -0.141. The van der Waals surface area contributed by atoms with Gasteiger partial charge in [-0.05, 0) is 67.8 Å². The third kappa shape index (κ3) is 5.17. The molecule has 0 fully saturated rings. The predicted molar refractivity (Wildman–Crippen MR) is 99.7 cm³/mol. The van der Waals surface area contributed by atoms with Crippen LogP contribution in [0.2, 0.25) is 5.02 Å². The molecule has 0 aliphatic rings. The highest BCUT2D eigenvalue weighted by Gasteiger charge is 2.14. The Morgan fingerprint density at radius 3 is 2.23 bits per heavy atom. The van der Waals surface area contributed by atoms with Gasteiger partial charge >= 0.3 is 5.97 Å². The van der Waals surface area contributed by atoms with Gasteiger partial charge in [0.15, 0.2) is 6.61 Å². The van der Waals surface area contributed by atoms with Crippen molar-refractivity contribution < 1.29 is 19.1 Å². The smallest absolute Gasteiger partial charge is 0.325 e. The minimum absolute atomic E-state index is 0.275. The van der Waals surface area contributed by atoms with E-state index in [0.717, 1.165) is 16.7 Å². The summed E-state index contributed by atoms with van der Waals surface area (Å²) in [5, 5.41) is 2.96. The molecule has 0 aliphatic heterocycles. The Kier molecular flexibility index (Phi) is 6.52. The Hall–Kier alpha value is -2.66. The van der Waals surface area contributed by atoms with Crippen LogP contribution >= 0.6 is 11.6 Å². The van der Waals surface area contributed by atoms with E-state index in [1.807, 2.05) is 26.8 Å². The van der Waals surface area contributed by atoms with Crippen molar-refractivity contribution in [2.45, 2.75) is 20.8 Å². The van der Waals surface area contributed by atoms with Crippen molar-refractivity contribution in [1.82, 2.24) is 5.32 Å². The van der Waals surface area contributed by atoms with Gasteiger partial charge in [0.05, 0.1) is 0 Å². The monoisotopic (exact) mass is 373 g/mol. The number of amides is 1. The number of hydrogen-bond acceptors (Lipinski definition) is 4. The average molecular weight is 374 g/mol. The van der Waals surface area contributed by atoms with Gasteiger partial charge in [-0.3, -0.25) is 14.4 Å². The lowest BCUT2D eigenvalue weighted by Gasteiger charge is -2.10. The third-order valence-corrected chi connectivity index (χ3v) is 4.26. The molecule has 0 heterocycles. The van der Waals surface area contributed by atoms with Crippen molar-refractivity contribution in [2.75, 3.05) is 13.2 Å². The maximum Gasteiger partial charge on any atom is 0.325 e. The Balaban J connectivity index is 1.85. The first kappa shape index (κ1) is 19.7. The van der Waals surface area contributed by atoms with Crippen molar-refractivity contribution in [1.29, 1.82) is 0 Å². The van der Waals surface area contributed by atoms with Gasteiger partial charge in [0.2, 0.25) is 5.78 Å². The topological polar surface area (TPSA) is 72.5 Å². The molecule has 5 nitrogen and oxygen atoms in total. The Morgan fingerprint density at radius 2 is 1.58 bits per heavy atom. The van der Waals surface area contributed by atoms with Crippen LogP contribution in [0.5, 0.6) is 0 Å². The van der Waals surface area contributed by atoms with Gasteiger partial charge < -0.3 is 10.1 Å². The first-order valence-electron chi connectivity index (χ1n) is 8.08. The molecule has 0 aromatic heterocycles. The Bertz CT molecular complexity index is 844. The zero-order valence-electron chi connectivity index (χ0n) is 14.9. The van der Waals surface area contributed by atoms with Gasteiger partial charge in [0, 0.05) is 16.1 Å². The maximum atomic E-state index is 12.2. The first-order valence-corrected chi connectivity index (χ1v) is 8.46. The lowest BCUT2D eigenvalue weighted by Crippen LogP contribution is -2.31. The number of halogens is 1. The summed E-state index contributed by atoms with van der Waals surface area (Å²) in [4.78, 5) is 35.9. The highest BCUT2D eigenvalue weighted by Crippen LogP contribution is 2.16. The van der Waals surface area contributed by atoms with Gasteiger partial charge in [-0.2, -0.15) is 0 Å². The van der Waals surface area contributed by atoms with Crippen LogP contribution in [0.1, 0.15) is 37.4 Å². The summed E-state index contributed by atoms with van der Waals surface area (Å²) in [5.74, 6) is -1.37. The van der Waals surface area contributed by atoms with Crippen molar-refractivity contribution >= 4 is 29.3 Å². The molecule has 0 unspecified atom stereocenters. The number of carbonyl (C=O) groups is 3. The summed E-state index contributed by atoms with van der Waals surface area (Å²) in [6.07, 6.45) is 0. The lowest BCUT2D eigenvalue weighted by atomic mass is 9.98. The number of rotatable bonds is 6. The first-order chi connectivity index (χ1) is 12.3. The molecule has 2 aromatic carbocycles. The zero-order chi connectivity index (χ0) is 19.3. The van der Waals surface area contributed by atoms with Gasteiger partial charge in [-0.15, -0.1) is 0 Å². The van der Waals surface area contributed by atoms with Crippen LogP contribution in [0, 0.1) is 20.8 Å². The number of ketones is 1. The molecule has 26 heavy (non-hydrogen) atoms. The largest absolute Gasteiger partial charge is 0.456 e. The molecule has 1 N–H and O–H groups in total. The summed E-state index contributed by atoms with van der Waals surface area (Å²) >= 11 is 5.76. The molecular weight excluding hydrogens is 354 g/mol. The standard InChI is InChI=1S/C20H20ClNO4/c1-12-8-14(3)17(9-13(12)2)18(23)11-26-19(24)10-22-20(25)15-4-6-16(21)7-5-15/h4-9H,10-11H2,1-3H3,(H,22,25). The van der Waals surface area contributed by atoms with E-state index in [2.05, 4.69) is 5.32 Å². The minimum Gasteiger partial charge on any atom is -0.456 e. The fraction of sp³-hybridized carbons (Fsp3) is 0.250. The minimum atomic E-state index is -0.679. The fourth-order valence-corrected chi connectivity index (χ4v) is 2.52. The zero-order valence-corrected chi connectivity index (χ0v) is 15.6. The molecule has 0 aliphatic carbocycles. The quantitative estimate of drug-likeness (QED) is 0.622. The van der Waals surface area contributed by atoms with Crippen LogP contribution < -0.4 is 5.32 Å². The molecule has 1 amide bonds. The molecule has 2 rings (SSSR count). The normalized spacial score (nSPS) is 10.3. The van der Waals surface area contributed by atoms with Crippen LogP contribution in [-0.4, -0.2) is 30.8 Å². The van der Waals surface area contributed by atoms with E-state index in [9.17, 15) is 14.4 Å². The highest BCUT2D eigenvalue weighted by molar-refractivity contribution is 6.30. The number of Topliss-reactive ketones (excluding diaryl/α,β-unsaturated/α-hetero) is 1. The average Bonchev–Trinajstić information content (AvgIpc) is 2.61. The molecule has 0 radical (unpaired) electrons. The molecule has 0 saturated heterocycles. The van der Waals surface area contributed by atoms with E-state index in [-0.39, 0.29) is 18.9 Å². The molecule has 0 atom stereocenters. The van der Waals surface area contributed by atoms with E-state index in [1.165, 1.54) is 0 Å². The van der Waals surface area contributed by atoms with Gasteiger partial charge in [0.25, 0.3) is 5.91 Å². The van der Waals surface area contributed by atoms with Crippen LogP contribution in [0.3, 0.4) is 0 Å². The molecule has 136 valence electrons. The number of carbonyl (C=O) groups excluding carboxylic acids is 3. The second-order valence-electron chi connectivity index (χ2n) is 6.02. The summed E-state index contributed by atoms with van der Waals surface area (Å²) in [6, 6.07) is 9.99. The van der Waals surface area contributed by atoms with Crippen LogP contribution in [0.25, 0.3) is 0 Å². The second-order valence-corrected chi connectivity index (χ2v) is 6.46. The van der Waals surface area contributed by atoms with E-state index in [0.29, 0.717) is 16.1 Å². The van der Waals surface area contributed by atoms with Gasteiger partial charge in [-0.1, -0.05) is 17.7 Å². The molecule has 0 saturated carbocycles. The number of aryl methyl sites for hydroxylation is 3. The van der Waals surface area contributed by atoms with Crippen LogP contribution in [0.4, 0.5) is 0 Å². The summed E-state index contributed by atoms with van der Waals surface area (Å²) in [6.45, 7) is 5.05. The van der Waals surface area contributed by atoms with E-state index in [4.69, 9.17) is 16.3 Å². The van der Waals surface area contributed by atoms with Crippen molar-refractivity contribution in [3.63, 3.8) is 0 Å². The summed E-state index contributed by atoms with van der Waals surface area (Å²) in [5.41, 5.74) is 3.85. The summed E-state index contributed by atoms with van der Waals surface area (Å²) in [7, 11) is 0. The molecule has 0 bridgehead atoms. The summed E-state index contributed by atoms with van der Waals surface area (Å²) < 4.78 is 4.96. The SMILES string of the molecule is Cc1cc(C)c(C(=O)COC(=O)CNC(=O)c2ccc(Cl)cc2)cc1C. The van der Waals surface area contributed by atoms with Gasteiger partial charge in [-0.25, -0.2) is 0 Å². The van der Waals surface area contributed by atoms with E-state index in [1.54, 1.807) is 30.3 Å². The van der Waals surface area contributed by atoms with Gasteiger partial charge in [0.1, 0.15) is 6.54 Å². The Morgan fingerprint density at radius 1 is 0.962 bits per heavy atom. The number of ether oxygens (including phenoxy) is 1. The number of esters is 1. The highest BCUT2D eigenvalue weighted by atomic mass is 35.5.